The van der Waals surface area contributed by atoms with E-state index in [2.05, 4.69) is 0 Å². The number of ether oxygens (including phenoxy) is 1. The van der Waals surface area contributed by atoms with Gasteiger partial charge in [0.25, 0.3) is 5.91 Å². The van der Waals surface area contributed by atoms with Gasteiger partial charge < -0.3 is 14.1 Å². The minimum Gasteiger partial charge on any atom is -0.469 e. The van der Waals surface area contributed by atoms with Crippen molar-refractivity contribution < 1.29 is 18.7 Å². The second kappa shape index (κ2) is 6.59. The van der Waals surface area contributed by atoms with Gasteiger partial charge in [0.2, 0.25) is 0 Å². The third-order valence-electron chi connectivity index (χ3n) is 3.83. The molecule has 0 spiro atoms. The van der Waals surface area contributed by atoms with Crippen LogP contribution in [0.25, 0.3) is 0 Å². The Balaban J connectivity index is 2.12. The van der Waals surface area contributed by atoms with Crippen LogP contribution in [0.3, 0.4) is 0 Å². The van der Waals surface area contributed by atoms with Crippen molar-refractivity contribution in [1.29, 1.82) is 0 Å². The molecule has 0 aliphatic heterocycles. The van der Waals surface area contributed by atoms with E-state index in [1.807, 2.05) is 0 Å². The highest BCUT2D eigenvalue weighted by Gasteiger charge is 2.31. The molecule has 1 aromatic rings. The molecule has 5 heteroatoms. The van der Waals surface area contributed by atoms with E-state index in [4.69, 9.17) is 9.15 Å². The van der Waals surface area contributed by atoms with E-state index >= 15 is 0 Å². The van der Waals surface area contributed by atoms with Gasteiger partial charge in [-0.3, -0.25) is 9.59 Å². The van der Waals surface area contributed by atoms with Crippen molar-refractivity contribution in [2.24, 2.45) is 5.92 Å². The van der Waals surface area contributed by atoms with E-state index < -0.39 is 0 Å². The van der Waals surface area contributed by atoms with Crippen molar-refractivity contribution >= 4 is 11.9 Å². The molecule has 1 heterocycles. The topological polar surface area (TPSA) is 59.8 Å². The first-order chi connectivity index (χ1) is 9.63. The van der Waals surface area contributed by atoms with Crippen molar-refractivity contribution in [1.82, 2.24) is 4.90 Å². The average molecular weight is 279 g/mol. The van der Waals surface area contributed by atoms with Crippen molar-refractivity contribution in [2.75, 3.05) is 13.7 Å². The Bertz CT molecular complexity index is 448. The van der Waals surface area contributed by atoms with Crippen LogP contribution in [-0.4, -0.2) is 36.5 Å². The van der Waals surface area contributed by atoms with Crippen LogP contribution in [0.1, 0.15) is 43.2 Å². The number of methoxy groups -OCH3 is 1. The van der Waals surface area contributed by atoms with Crippen LogP contribution >= 0.6 is 0 Å². The fourth-order valence-corrected chi connectivity index (χ4v) is 2.73. The molecule has 0 saturated heterocycles. The zero-order chi connectivity index (χ0) is 14.5. The van der Waals surface area contributed by atoms with Crippen LogP contribution in [0.15, 0.2) is 22.8 Å². The third kappa shape index (κ3) is 3.21. The van der Waals surface area contributed by atoms with E-state index in [9.17, 15) is 9.59 Å². The van der Waals surface area contributed by atoms with E-state index in [1.165, 1.54) is 13.4 Å². The lowest BCUT2D eigenvalue weighted by Crippen LogP contribution is -2.43. The normalized spacial score (nSPS) is 16.9. The summed E-state index contributed by atoms with van der Waals surface area (Å²) < 4.78 is 9.94. The molecule has 5 nitrogen and oxygen atoms in total. The highest BCUT2D eigenvalue weighted by molar-refractivity contribution is 5.92. The predicted octanol–water partition coefficient (Wildman–Crippen LogP) is 2.47. The van der Waals surface area contributed by atoms with Gasteiger partial charge in [0, 0.05) is 12.6 Å². The summed E-state index contributed by atoms with van der Waals surface area (Å²) in [6, 6.07) is 3.55. The highest BCUT2D eigenvalue weighted by atomic mass is 16.5. The molecular formula is C15H21NO4. The van der Waals surface area contributed by atoms with Crippen LogP contribution in [-0.2, 0) is 9.53 Å². The van der Waals surface area contributed by atoms with Crippen LogP contribution < -0.4 is 0 Å². The molecule has 1 aliphatic carbocycles. The highest BCUT2D eigenvalue weighted by Crippen LogP contribution is 2.26. The molecule has 1 unspecified atom stereocenters. The van der Waals surface area contributed by atoms with Crippen LogP contribution in [0.2, 0.25) is 0 Å². The molecule has 1 aromatic heterocycles. The quantitative estimate of drug-likeness (QED) is 0.777. The standard InChI is InChI=1S/C15H21NO4/c1-11(15(18)19-2)10-16(12-6-3-4-7-12)14(17)13-8-5-9-20-13/h5,8-9,11-12H,3-4,6-7,10H2,1-2H3. The maximum absolute atomic E-state index is 12.5. The molecule has 20 heavy (non-hydrogen) atoms. The third-order valence-corrected chi connectivity index (χ3v) is 3.83. The first-order valence-corrected chi connectivity index (χ1v) is 7.05. The van der Waals surface area contributed by atoms with E-state index in [-0.39, 0.29) is 23.8 Å². The summed E-state index contributed by atoms with van der Waals surface area (Å²) >= 11 is 0. The SMILES string of the molecule is COC(=O)C(C)CN(C(=O)c1ccco1)C1CCCC1. The zero-order valence-corrected chi connectivity index (χ0v) is 12.0. The molecule has 1 saturated carbocycles. The molecule has 1 atom stereocenters. The summed E-state index contributed by atoms with van der Waals surface area (Å²) in [5.74, 6) is -0.439. The minimum absolute atomic E-state index is 0.141. The summed E-state index contributed by atoms with van der Waals surface area (Å²) in [5, 5.41) is 0. The molecule has 1 aliphatic rings. The molecule has 2 rings (SSSR count). The molecule has 1 fully saturated rings. The number of hydrogen-bond donors (Lipinski definition) is 0. The van der Waals surface area contributed by atoms with Gasteiger partial charge in [0.15, 0.2) is 5.76 Å². The predicted molar refractivity (Wildman–Crippen MR) is 73.2 cm³/mol. The van der Waals surface area contributed by atoms with Gasteiger partial charge in [-0.15, -0.1) is 0 Å². The Hall–Kier alpha value is -1.78. The summed E-state index contributed by atoms with van der Waals surface area (Å²) in [5.41, 5.74) is 0. The van der Waals surface area contributed by atoms with E-state index in [1.54, 1.807) is 24.0 Å². The Labute approximate surface area is 118 Å². The summed E-state index contributed by atoms with van der Waals surface area (Å²) in [4.78, 5) is 25.9. The van der Waals surface area contributed by atoms with Gasteiger partial charge in [-0.1, -0.05) is 19.8 Å². The van der Waals surface area contributed by atoms with Gasteiger partial charge in [0.1, 0.15) is 0 Å². The fourth-order valence-electron chi connectivity index (χ4n) is 2.73. The lowest BCUT2D eigenvalue weighted by Gasteiger charge is -2.30. The Morgan fingerprint density at radius 3 is 2.70 bits per heavy atom. The van der Waals surface area contributed by atoms with E-state index in [0.29, 0.717) is 12.3 Å². The second-order valence-corrected chi connectivity index (χ2v) is 5.30. The van der Waals surface area contributed by atoms with Gasteiger partial charge in [-0.05, 0) is 25.0 Å². The summed E-state index contributed by atoms with van der Waals surface area (Å²) in [6.07, 6.45) is 5.71. The Kier molecular flexibility index (Phi) is 4.82. The van der Waals surface area contributed by atoms with Crippen molar-refractivity contribution in [2.45, 2.75) is 38.6 Å². The monoisotopic (exact) mass is 279 g/mol. The molecule has 0 aromatic carbocycles. The van der Waals surface area contributed by atoms with Gasteiger partial charge in [-0.2, -0.15) is 0 Å². The Morgan fingerprint density at radius 1 is 1.45 bits per heavy atom. The van der Waals surface area contributed by atoms with Gasteiger partial charge >= 0.3 is 5.97 Å². The molecule has 110 valence electrons. The number of carbonyl (C=O) groups is 2. The number of furan rings is 1. The molecular weight excluding hydrogens is 258 g/mol. The first-order valence-electron chi connectivity index (χ1n) is 7.05. The minimum atomic E-state index is -0.334. The number of hydrogen-bond acceptors (Lipinski definition) is 4. The van der Waals surface area contributed by atoms with Crippen molar-refractivity contribution in [3.05, 3.63) is 24.2 Å². The van der Waals surface area contributed by atoms with Crippen LogP contribution in [0.4, 0.5) is 0 Å². The van der Waals surface area contributed by atoms with Gasteiger partial charge in [0.05, 0.1) is 19.3 Å². The smallest absolute Gasteiger partial charge is 0.310 e. The van der Waals surface area contributed by atoms with E-state index in [0.717, 1.165) is 25.7 Å². The molecule has 1 amide bonds. The van der Waals surface area contributed by atoms with Crippen molar-refractivity contribution in [3.63, 3.8) is 0 Å². The summed E-state index contributed by atoms with van der Waals surface area (Å²) in [7, 11) is 1.37. The number of esters is 1. The molecule has 0 N–H and O–H groups in total. The number of amides is 1. The maximum atomic E-state index is 12.5. The first kappa shape index (κ1) is 14.6. The van der Waals surface area contributed by atoms with Crippen LogP contribution in [0, 0.1) is 5.92 Å². The lowest BCUT2D eigenvalue weighted by atomic mass is 10.1. The van der Waals surface area contributed by atoms with Gasteiger partial charge in [-0.25, -0.2) is 0 Å². The number of rotatable bonds is 5. The number of nitrogens with zero attached hydrogens (tertiary/aromatic N) is 1. The average Bonchev–Trinajstić information content (AvgIpc) is 3.14. The van der Waals surface area contributed by atoms with Crippen LogP contribution in [0.5, 0.6) is 0 Å². The summed E-state index contributed by atoms with van der Waals surface area (Å²) in [6.45, 7) is 2.15. The molecule has 0 radical (unpaired) electrons. The second-order valence-electron chi connectivity index (χ2n) is 5.30. The Morgan fingerprint density at radius 2 is 2.15 bits per heavy atom. The maximum Gasteiger partial charge on any atom is 0.310 e. The zero-order valence-electron chi connectivity index (χ0n) is 12.0. The number of carbonyl (C=O) groups excluding carboxylic acids is 2. The van der Waals surface area contributed by atoms with Crippen molar-refractivity contribution in [3.8, 4) is 0 Å². The molecule has 0 bridgehead atoms. The fraction of sp³-hybridized carbons (Fsp3) is 0.600. The largest absolute Gasteiger partial charge is 0.469 e. The lowest BCUT2D eigenvalue weighted by molar-refractivity contribution is -0.145.